The van der Waals surface area contributed by atoms with E-state index in [9.17, 15) is 4.79 Å². The first-order valence-electron chi connectivity index (χ1n) is 12.5. The zero-order valence-electron chi connectivity index (χ0n) is 18.9. The van der Waals surface area contributed by atoms with Gasteiger partial charge in [0.05, 0.1) is 0 Å². The maximum Gasteiger partial charge on any atom is 0.188 e. The van der Waals surface area contributed by atoms with Crippen LogP contribution in [0.2, 0.25) is 0 Å². The van der Waals surface area contributed by atoms with Gasteiger partial charge in [0.1, 0.15) is 0 Å². The first kappa shape index (κ1) is 27.0. The molecule has 0 amide bonds. The van der Waals surface area contributed by atoms with E-state index in [1.54, 1.807) is 11.8 Å². The van der Waals surface area contributed by atoms with Crippen molar-refractivity contribution in [3.05, 3.63) is 0 Å². The fourth-order valence-corrected chi connectivity index (χ4v) is 4.47. The first-order chi connectivity index (χ1) is 13.3. The van der Waals surface area contributed by atoms with Gasteiger partial charge >= 0.3 is 0 Å². The van der Waals surface area contributed by atoms with Gasteiger partial charge in [0.15, 0.2) is 5.12 Å². The number of carbonyl (C=O) groups excluding carboxylic acids is 1. The Labute approximate surface area is 176 Å². The molecule has 27 heavy (non-hydrogen) atoms. The highest BCUT2D eigenvalue weighted by molar-refractivity contribution is 8.13. The Morgan fingerprint density at radius 2 is 0.815 bits per heavy atom. The third-order valence-electron chi connectivity index (χ3n) is 5.50. The summed E-state index contributed by atoms with van der Waals surface area (Å²) < 4.78 is 0. The van der Waals surface area contributed by atoms with Crippen molar-refractivity contribution < 1.29 is 4.79 Å². The van der Waals surface area contributed by atoms with E-state index in [0.717, 1.165) is 18.6 Å². The van der Waals surface area contributed by atoms with Gasteiger partial charge < -0.3 is 0 Å². The van der Waals surface area contributed by atoms with Crippen molar-refractivity contribution in [2.24, 2.45) is 0 Å². The lowest BCUT2D eigenvalue weighted by Crippen LogP contribution is -1.94. The van der Waals surface area contributed by atoms with Crippen LogP contribution in [0.1, 0.15) is 149 Å². The molecule has 0 atom stereocenters. The molecule has 0 unspecified atom stereocenters. The van der Waals surface area contributed by atoms with E-state index in [-0.39, 0.29) is 0 Å². The molecule has 162 valence electrons. The molecule has 0 saturated heterocycles. The number of hydrogen-bond acceptors (Lipinski definition) is 2. The molecule has 0 aliphatic carbocycles. The van der Waals surface area contributed by atoms with Crippen LogP contribution in [0.4, 0.5) is 0 Å². The molecule has 0 radical (unpaired) electrons. The molecule has 0 spiro atoms. The summed E-state index contributed by atoms with van der Waals surface area (Å²) in [6.07, 6.45) is 28.0. The van der Waals surface area contributed by atoms with Gasteiger partial charge in [0.2, 0.25) is 0 Å². The lowest BCUT2D eigenvalue weighted by molar-refractivity contribution is -0.111. The van der Waals surface area contributed by atoms with Crippen molar-refractivity contribution in [1.82, 2.24) is 0 Å². The molecule has 1 nitrogen and oxygen atoms in total. The molecular formula is C25H50OS. The maximum atomic E-state index is 11.9. The van der Waals surface area contributed by atoms with Crippen molar-refractivity contribution in [1.29, 1.82) is 0 Å². The molecule has 0 N–H and O–H groups in total. The lowest BCUT2D eigenvalue weighted by Gasteiger charge is -2.03. The monoisotopic (exact) mass is 398 g/mol. The summed E-state index contributed by atoms with van der Waals surface area (Å²) in [5, 5.41) is 0.436. The standard InChI is InChI=1S/C25H50OS/c1-3-5-7-9-11-13-14-15-17-19-21-23-25(26)27-24-22-20-18-16-12-10-8-6-4-2/h3-24H2,1-2H3. The summed E-state index contributed by atoms with van der Waals surface area (Å²) in [6.45, 7) is 4.55. The van der Waals surface area contributed by atoms with Gasteiger partial charge in [-0.1, -0.05) is 141 Å². The van der Waals surface area contributed by atoms with E-state index < -0.39 is 0 Å². The van der Waals surface area contributed by atoms with Crippen LogP contribution in [0.15, 0.2) is 0 Å². The number of carbonyl (C=O) groups is 1. The number of hydrogen-bond donors (Lipinski definition) is 0. The van der Waals surface area contributed by atoms with Gasteiger partial charge in [0, 0.05) is 12.2 Å². The van der Waals surface area contributed by atoms with Gasteiger partial charge in [-0.3, -0.25) is 4.79 Å². The zero-order valence-corrected chi connectivity index (χ0v) is 19.7. The molecule has 0 aliphatic rings. The van der Waals surface area contributed by atoms with Gasteiger partial charge in [-0.05, 0) is 12.8 Å². The average molecular weight is 399 g/mol. The van der Waals surface area contributed by atoms with Gasteiger partial charge in [0.25, 0.3) is 0 Å². The molecule has 0 saturated carbocycles. The van der Waals surface area contributed by atoms with Gasteiger partial charge in [-0.2, -0.15) is 0 Å². The Morgan fingerprint density at radius 1 is 0.481 bits per heavy atom. The van der Waals surface area contributed by atoms with Crippen LogP contribution in [0.5, 0.6) is 0 Å². The summed E-state index contributed by atoms with van der Waals surface area (Å²) >= 11 is 1.59. The van der Waals surface area contributed by atoms with Gasteiger partial charge in [-0.25, -0.2) is 0 Å². The molecule has 0 heterocycles. The molecule has 2 heteroatoms. The van der Waals surface area contributed by atoms with E-state index in [4.69, 9.17) is 0 Å². The second kappa shape index (κ2) is 24.1. The van der Waals surface area contributed by atoms with E-state index >= 15 is 0 Å². The Morgan fingerprint density at radius 3 is 1.22 bits per heavy atom. The normalized spacial score (nSPS) is 11.2. The fraction of sp³-hybridized carbons (Fsp3) is 0.960. The predicted octanol–water partition coefficient (Wildman–Crippen LogP) is 9.48. The van der Waals surface area contributed by atoms with Crippen LogP contribution < -0.4 is 0 Å². The lowest BCUT2D eigenvalue weighted by atomic mass is 10.1. The van der Waals surface area contributed by atoms with Crippen molar-refractivity contribution in [2.45, 2.75) is 149 Å². The molecular weight excluding hydrogens is 348 g/mol. The predicted molar refractivity (Wildman–Crippen MR) is 126 cm³/mol. The quantitative estimate of drug-likeness (QED) is 0.169. The van der Waals surface area contributed by atoms with Crippen molar-refractivity contribution in [3.8, 4) is 0 Å². The minimum absolute atomic E-state index is 0.436. The van der Waals surface area contributed by atoms with E-state index in [1.165, 1.54) is 122 Å². The molecule has 0 rings (SSSR count). The van der Waals surface area contributed by atoms with E-state index in [0.29, 0.717) is 5.12 Å². The number of rotatable bonds is 22. The summed E-state index contributed by atoms with van der Waals surface area (Å²) in [6, 6.07) is 0. The highest BCUT2D eigenvalue weighted by Gasteiger charge is 2.02. The molecule has 0 fully saturated rings. The Hall–Kier alpha value is 0.0200. The first-order valence-corrected chi connectivity index (χ1v) is 13.5. The molecule has 0 bridgehead atoms. The van der Waals surface area contributed by atoms with Crippen LogP contribution in [0.3, 0.4) is 0 Å². The smallest absolute Gasteiger partial charge is 0.188 e. The minimum atomic E-state index is 0.436. The zero-order chi connectivity index (χ0) is 19.8. The largest absolute Gasteiger partial charge is 0.287 e. The highest BCUT2D eigenvalue weighted by Crippen LogP contribution is 2.16. The Balaban J connectivity index is 3.13. The summed E-state index contributed by atoms with van der Waals surface area (Å²) in [7, 11) is 0. The summed E-state index contributed by atoms with van der Waals surface area (Å²) in [5.74, 6) is 1.05. The SMILES string of the molecule is CCCCCCCCCCCCCC(=O)SCCCCCCCCCCC. The summed E-state index contributed by atoms with van der Waals surface area (Å²) in [5.41, 5.74) is 0. The highest BCUT2D eigenvalue weighted by atomic mass is 32.2. The Kier molecular flexibility index (Phi) is 24.1. The van der Waals surface area contributed by atoms with E-state index in [2.05, 4.69) is 13.8 Å². The van der Waals surface area contributed by atoms with Crippen LogP contribution in [-0.4, -0.2) is 10.9 Å². The molecule has 0 aliphatic heterocycles. The number of unbranched alkanes of at least 4 members (excludes halogenated alkanes) is 18. The van der Waals surface area contributed by atoms with Gasteiger partial charge in [-0.15, -0.1) is 0 Å². The minimum Gasteiger partial charge on any atom is -0.287 e. The second-order valence-electron chi connectivity index (χ2n) is 8.33. The average Bonchev–Trinajstić information content (AvgIpc) is 2.67. The maximum absolute atomic E-state index is 11.9. The van der Waals surface area contributed by atoms with Crippen molar-refractivity contribution >= 4 is 16.9 Å². The Bertz CT molecular complexity index is 290. The topological polar surface area (TPSA) is 17.1 Å². The third-order valence-corrected chi connectivity index (χ3v) is 6.51. The fourth-order valence-electron chi connectivity index (χ4n) is 3.60. The van der Waals surface area contributed by atoms with Crippen LogP contribution in [0, 0.1) is 0 Å². The second-order valence-corrected chi connectivity index (χ2v) is 9.49. The summed E-state index contributed by atoms with van der Waals surface area (Å²) in [4.78, 5) is 11.9. The van der Waals surface area contributed by atoms with Crippen LogP contribution in [0.25, 0.3) is 0 Å². The number of thioether (sulfide) groups is 1. The third kappa shape index (κ3) is 24.0. The molecule has 0 aromatic heterocycles. The molecule has 0 aromatic carbocycles. The van der Waals surface area contributed by atoms with Crippen LogP contribution in [-0.2, 0) is 4.79 Å². The van der Waals surface area contributed by atoms with Crippen molar-refractivity contribution in [3.63, 3.8) is 0 Å². The van der Waals surface area contributed by atoms with Crippen LogP contribution >= 0.6 is 11.8 Å². The van der Waals surface area contributed by atoms with Crippen molar-refractivity contribution in [2.75, 3.05) is 5.75 Å². The molecule has 0 aromatic rings. The van der Waals surface area contributed by atoms with E-state index in [1.807, 2.05) is 0 Å².